The number of thioether (sulfide) groups is 1. The van der Waals surface area contributed by atoms with E-state index in [0.717, 1.165) is 28.8 Å². The zero-order valence-electron chi connectivity index (χ0n) is 15.5. The summed E-state index contributed by atoms with van der Waals surface area (Å²) in [4.78, 5) is 29.7. The molecule has 0 unspecified atom stereocenters. The number of hydrogen-bond acceptors (Lipinski definition) is 5. The maximum Gasteiger partial charge on any atom is 0.418 e. The topological polar surface area (TPSA) is 75.4 Å². The molecule has 2 amide bonds. The van der Waals surface area contributed by atoms with E-state index in [2.05, 4.69) is 10.3 Å². The van der Waals surface area contributed by atoms with E-state index in [-0.39, 0.29) is 16.7 Å². The molecule has 0 aliphatic heterocycles. The van der Waals surface area contributed by atoms with Crippen molar-refractivity contribution in [3.8, 4) is 0 Å². The normalized spacial score (nSPS) is 11.5. The third-order valence-electron chi connectivity index (χ3n) is 3.96. The lowest BCUT2D eigenvalue weighted by molar-refractivity contribution is -0.137. The van der Waals surface area contributed by atoms with Crippen molar-refractivity contribution in [3.63, 3.8) is 0 Å². The van der Waals surface area contributed by atoms with Crippen LogP contribution in [0.1, 0.15) is 5.56 Å². The van der Waals surface area contributed by atoms with Gasteiger partial charge in [0.15, 0.2) is 5.58 Å². The number of para-hydroxylation sites is 1. The maximum atomic E-state index is 13.0. The Morgan fingerprint density at radius 3 is 2.70 bits per heavy atom. The van der Waals surface area contributed by atoms with Gasteiger partial charge in [-0.25, -0.2) is 4.98 Å². The van der Waals surface area contributed by atoms with Crippen LogP contribution in [0.4, 0.5) is 18.9 Å². The number of halogens is 4. The molecule has 0 fully saturated rings. The van der Waals surface area contributed by atoms with Gasteiger partial charge in [-0.15, -0.1) is 0 Å². The summed E-state index contributed by atoms with van der Waals surface area (Å²) in [6.45, 7) is -0.408. The first-order chi connectivity index (χ1) is 14.1. The standard InChI is InChI=1S/C19H15ClF3N3O3S/c1-26(9-16(27)24-13-5-3-2-4-12(13)19(21,22)23)17(28)10-30-18-25-14-8-11(20)6-7-15(14)29-18/h2-8H,9-10H2,1H3,(H,24,27). The van der Waals surface area contributed by atoms with Gasteiger partial charge in [0.25, 0.3) is 5.22 Å². The monoisotopic (exact) mass is 457 g/mol. The van der Waals surface area contributed by atoms with Gasteiger partial charge in [-0.2, -0.15) is 13.2 Å². The van der Waals surface area contributed by atoms with Gasteiger partial charge >= 0.3 is 6.18 Å². The van der Waals surface area contributed by atoms with Crippen LogP contribution < -0.4 is 5.32 Å². The summed E-state index contributed by atoms with van der Waals surface area (Å²) in [6, 6.07) is 9.56. The zero-order chi connectivity index (χ0) is 21.9. The fraction of sp³-hybridized carbons (Fsp3) is 0.211. The number of aromatic nitrogens is 1. The molecule has 0 aliphatic rings. The van der Waals surface area contributed by atoms with Gasteiger partial charge in [-0.1, -0.05) is 35.5 Å². The highest BCUT2D eigenvalue weighted by molar-refractivity contribution is 7.99. The van der Waals surface area contributed by atoms with Crippen molar-refractivity contribution in [1.82, 2.24) is 9.88 Å². The first-order valence-electron chi connectivity index (χ1n) is 8.52. The Morgan fingerprint density at radius 2 is 1.97 bits per heavy atom. The SMILES string of the molecule is CN(CC(=O)Nc1ccccc1C(F)(F)F)C(=O)CSc1nc2cc(Cl)ccc2o1. The summed E-state index contributed by atoms with van der Waals surface area (Å²) >= 11 is 6.92. The van der Waals surface area contributed by atoms with Crippen molar-refractivity contribution >= 4 is 52.0 Å². The van der Waals surface area contributed by atoms with E-state index < -0.39 is 30.1 Å². The Morgan fingerprint density at radius 1 is 1.23 bits per heavy atom. The molecule has 11 heteroatoms. The van der Waals surface area contributed by atoms with Crippen molar-refractivity contribution in [3.05, 3.63) is 53.1 Å². The minimum absolute atomic E-state index is 0.0660. The quantitative estimate of drug-likeness (QED) is 0.543. The Bertz CT molecular complexity index is 1090. The molecule has 0 aliphatic carbocycles. The number of likely N-dealkylation sites (N-methyl/N-ethyl adjacent to an activating group) is 1. The molecule has 3 rings (SSSR count). The minimum Gasteiger partial charge on any atom is -0.431 e. The molecular weight excluding hydrogens is 443 g/mol. The van der Waals surface area contributed by atoms with E-state index in [0.29, 0.717) is 16.1 Å². The highest BCUT2D eigenvalue weighted by Crippen LogP contribution is 2.34. The number of anilines is 1. The second-order valence-corrected chi connectivity index (χ2v) is 7.58. The fourth-order valence-corrected chi connectivity index (χ4v) is 3.45. The van der Waals surface area contributed by atoms with E-state index in [1.165, 1.54) is 19.2 Å². The van der Waals surface area contributed by atoms with E-state index >= 15 is 0 Å². The van der Waals surface area contributed by atoms with Gasteiger partial charge < -0.3 is 14.6 Å². The molecule has 30 heavy (non-hydrogen) atoms. The van der Waals surface area contributed by atoms with Gasteiger partial charge in [0.05, 0.1) is 23.5 Å². The van der Waals surface area contributed by atoms with E-state index in [9.17, 15) is 22.8 Å². The number of nitrogens with one attached hydrogen (secondary N) is 1. The molecule has 0 saturated heterocycles. The highest BCUT2D eigenvalue weighted by atomic mass is 35.5. The molecule has 1 aromatic heterocycles. The molecule has 2 aromatic carbocycles. The number of benzene rings is 2. The minimum atomic E-state index is -4.61. The molecule has 0 radical (unpaired) electrons. The van der Waals surface area contributed by atoms with Crippen LogP contribution in [0, 0.1) is 0 Å². The summed E-state index contributed by atoms with van der Waals surface area (Å²) < 4.78 is 44.5. The molecular formula is C19H15ClF3N3O3S. The van der Waals surface area contributed by atoms with Gasteiger partial charge in [-0.05, 0) is 30.3 Å². The lowest BCUT2D eigenvalue weighted by atomic mass is 10.1. The number of fused-ring (bicyclic) bond motifs is 1. The molecule has 158 valence electrons. The highest BCUT2D eigenvalue weighted by Gasteiger charge is 2.33. The smallest absolute Gasteiger partial charge is 0.418 e. The number of nitrogens with zero attached hydrogens (tertiary/aromatic N) is 2. The lowest BCUT2D eigenvalue weighted by Crippen LogP contribution is -2.36. The van der Waals surface area contributed by atoms with Gasteiger partial charge in [0.2, 0.25) is 11.8 Å². The predicted molar refractivity (Wildman–Crippen MR) is 107 cm³/mol. The molecule has 3 aromatic rings. The van der Waals surface area contributed by atoms with Crippen molar-refractivity contribution < 1.29 is 27.2 Å². The molecule has 0 atom stereocenters. The van der Waals surface area contributed by atoms with Crippen molar-refractivity contribution in [1.29, 1.82) is 0 Å². The number of carbonyl (C=O) groups excluding carboxylic acids is 2. The summed E-state index contributed by atoms with van der Waals surface area (Å²) in [5.41, 5.74) is -0.256. The first-order valence-corrected chi connectivity index (χ1v) is 9.89. The van der Waals surface area contributed by atoms with Crippen LogP contribution in [-0.4, -0.2) is 41.0 Å². The van der Waals surface area contributed by atoms with Gasteiger partial charge in [0.1, 0.15) is 5.52 Å². The summed E-state index contributed by atoms with van der Waals surface area (Å²) in [5, 5.41) is 2.96. The molecule has 6 nitrogen and oxygen atoms in total. The Kier molecular flexibility index (Phi) is 6.57. The van der Waals surface area contributed by atoms with Gasteiger partial charge in [0, 0.05) is 12.1 Å². The van der Waals surface area contributed by atoms with Crippen LogP contribution in [-0.2, 0) is 15.8 Å². The maximum absolute atomic E-state index is 13.0. The summed E-state index contributed by atoms with van der Waals surface area (Å²) in [6.07, 6.45) is -4.61. The second kappa shape index (κ2) is 8.97. The number of carbonyl (C=O) groups is 2. The first kappa shape index (κ1) is 22.0. The molecule has 0 saturated carbocycles. The van der Waals surface area contributed by atoms with Crippen LogP contribution in [0.25, 0.3) is 11.1 Å². The van der Waals surface area contributed by atoms with Crippen LogP contribution in [0.15, 0.2) is 52.1 Å². The Balaban J connectivity index is 1.55. The van der Waals surface area contributed by atoms with E-state index in [1.807, 2.05) is 0 Å². The van der Waals surface area contributed by atoms with Crippen LogP contribution in [0.3, 0.4) is 0 Å². The van der Waals surface area contributed by atoms with Crippen LogP contribution >= 0.6 is 23.4 Å². The number of alkyl halides is 3. The van der Waals surface area contributed by atoms with Crippen LogP contribution in [0.5, 0.6) is 0 Å². The number of hydrogen-bond donors (Lipinski definition) is 1. The molecule has 0 spiro atoms. The zero-order valence-corrected chi connectivity index (χ0v) is 17.1. The summed E-state index contributed by atoms with van der Waals surface area (Å²) in [7, 11) is 1.38. The average molecular weight is 458 g/mol. The van der Waals surface area contributed by atoms with Crippen molar-refractivity contribution in [2.24, 2.45) is 0 Å². The Labute approximate surface area is 178 Å². The van der Waals surface area contributed by atoms with Crippen LogP contribution in [0.2, 0.25) is 5.02 Å². The molecule has 0 bridgehead atoms. The third-order valence-corrected chi connectivity index (χ3v) is 5.01. The average Bonchev–Trinajstić information content (AvgIpc) is 3.07. The van der Waals surface area contributed by atoms with Crippen molar-refractivity contribution in [2.45, 2.75) is 11.4 Å². The number of amides is 2. The van der Waals surface area contributed by atoms with E-state index in [4.69, 9.17) is 16.0 Å². The van der Waals surface area contributed by atoms with E-state index in [1.54, 1.807) is 18.2 Å². The van der Waals surface area contributed by atoms with Gasteiger partial charge in [-0.3, -0.25) is 9.59 Å². The molecule has 1 heterocycles. The summed E-state index contributed by atoms with van der Waals surface area (Å²) in [5.74, 6) is -1.23. The third kappa shape index (κ3) is 5.45. The fourth-order valence-electron chi connectivity index (χ4n) is 2.51. The van der Waals surface area contributed by atoms with Crippen molar-refractivity contribution in [2.75, 3.05) is 24.7 Å². The number of rotatable bonds is 6. The lowest BCUT2D eigenvalue weighted by Gasteiger charge is -2.18. The Hall–Kier alpha value is -2.72. The molecule has 1 N–H and O–H groups in total. The largest absolute Gasteiger partial charge is 0.431 e. The second-order valence-electron chi connectivity index (χ2n) is 6.22. The predicted octanol–water partition coefficient (Wildman–Crippen LogP) is 4.69. The number of oxazole rings is 1.